The molecular formula is C22H38Cl2N4O. The van der Waals surface area contributed by atoms with Gasteiger partial charge in [0, 0.05) is 70.9 Å². The second kappa shape index (κ2) is 12.3. The zero-order valence-electron chi connectivity index (χ0n) is 17.7. The van der Waals surface area contributed by atoms with E-state index in [0.29, 0.717) is 5.92 Å². The minimum Gasteiger partial charge on any atom is -0.493 e. The highest BCUT2D eigenvalue weighted by molar-refractivity contribution is 5.85. The third-order valence-electron chi connectivity index (χ3n) is 6.58. The largest absolute Gasteiger partial charge is 0.493 e. The summed E-state index contributed by atoms with van der Waals surface area (Å²) in [6.45, 7) is 14.8. The number of nitrogens with zero attached hydrogens (tertiary/aromatic N) is 3. The summed E-state index contributed by atoms with van der Waals surface area (Å²) in [5.74, 6) is 1.72. The van der Waals surface area contributed by atoms with E-state index < -0.39 is 0 Å². The minimum atomic E-state index is 0. The average Bonchev–Trinajstić information content (AvgIpc) is 2.73. The maximum absolute atomic E-state index is 6.22. The normalized spacial score (nSPS) is 26.1. The first-order valence-corrected chi connectivity index (χ1v) is 10.9. The average molecular weight is 445 g/mol. The molecule has 0 unspecified atom stereocenters. The topological polar surface area (TPSA) is 31.0 Å². The number of ether oxygens (including phenoxy) is 1. The lowest BCUT2D eigenvalue weighted by Crippen LogP contribution is -2.55. The monoisotopic (exact) mass is 444 g/mol. The summed E-state index contributed by atoms with van der Waals surface area (Å²) in [4.78, 5) is 7.76. The van der Waals surface area contributed by atoms with Crippen molar-refractivity contribution in [1.82, 2.24) is 20.0 Å². The summed E-state index contributed by atoms with van der Waals surface area (Å²) < 4.78 is 6.22. The zero-order valence-corrected chi connectivity index (χ0v) is 19.4. The fourth-order valence-corrected chi connectivity index (χ4v) is 4.78. The zero-order chi connectivity index (χ0) is 18.5. The van der Waals surface area contributed by atoms with Gasteiger partial charge in [-0.25, -0.2) is 0 Å². The van der Waals surface area contributed by atoms with Gasteiger partial charge in [0.15, 0.2) is 0 Å². The molecular weight excluding hydrogens is 407 g/mol. The molecule has 2 atom stereocenters. The molecule has 3 heterocycles. The summed E-state index contributed by atoms with van der Waals surface area (Å²) in [5, 5.41) is 3.52. The molecule has 0 saturated carbocycles. The number of piperidine rings is 1. The molecule has 4 rings (SSSR count). The summed E-state index contributed by atoms with van der Waals surface area (Å²) in [5.41, 5.74) is 1.38. The van der Waals surface area contributed by atoms with Gasteiger partial charge in [-0.05, 0) is 37.1 Å². The van der Waals surface area contributed by atoms with Crippen LogP contribution in [0.1, 0.15) is 25.3 Å². The molecule has 1 aromatic rings. The summed E-state index contributed by atoms with van der Waals surface area (Å²) in [7, 11) is 0. The predicted molar refractivity (Wildman–Crippen MR) is 125 cm³/mol. The maximum atomic E-state index is 6.22. The lowest BCUT2D eigenvalue weighted by molar-refractivity contribution is 0.0649. The van der Waals surface area contributed by atoms with Crippen LogP contribution in [-0.4, -0.2) is 86.3 Å². The van der Waals surface area contributed by atoms with Crippen LogP contribution in [0.3, 0.4) is 0 Å². The summed E-state index contributed by atoms with van der Waals surface area (Å²) >= 11 is 0. The number of nitrogens with one attached hydrogen (secondary N) is 1. The number of hydrogen-bond acceptors (Lipinski definition) is 5. The van der Waals surface area contributed by atoms with Gasteiger partial charge in [-0.15, -0.1) is 24.8 Å². The lowest BCUT2D eigenvalue weighted by Gasteiger charge is -2.42. The van der Waals surface area contributed by atoms with Crippen LogP contribution in [0.4, 0.5) is 0 Å². The fraction of sp³-hybridized carbons (Fsp3) is 0.727. The van der Waals surface area contributed by atoms with Crippen molar-refractivity contribution in [3.63, 3.8) is 0 Å². The number of benzene rings is 1. The Morgan fingerprint density at radius 3 is 2.62 bits per heavy atom. The maximum Gasteiger partial charge on any atom is 0.119 e. The first-order valence-electron chi connectivity index (χ1n) is 10.9. The molecule has 0 amide bonds. The molecule has 0 aromatic heterocycles. The summed E-state index contributed by atoms with van der Waals surface area (Å²) in [6.07, 6.45) is 2.61. The van der Waals surface area contributed by atoms with E-state index in [9.17, 15) is 0 Å². The van der Waals surface area contributed by atoms with Crippen LogP contribution < -0.4 is 10.1 Å². The van der Waals surface area contributed by atoms with Crippen molar-refractivity contribution in [2.24, 2.45) is 5.92 Å². The molecule has 5 nitrogen and oxygen atoms in total. The van der Waals surface area contributed by atoms with E-state index >= 15 is 0 Å². The van der Waals surface area contributed by atoms with Gasteiger partial charge in [-0.1, -0.05) is 19.1 Å². The molecule has 0 radical (unpaired) electrons. The van der Waals surface area contributed by atoms with E-state index in [-0.39, 0.29) is 24.8 Å². The van der Waals surface area contributed by atoms with Crippen molar-refractivity contribution in [3.05, 3.63) is 29.8 Å². The van der Waals surface area contributed by atoms with E-state index in [1.54, 1.807) is 0 Å². The molecule has 29 heavy (non-hydrogen) atoms. The van der Waals surface area contributed by atoms with Crippen LogP contribution in [0, 0.1) is 5.92 Å². The molecule has 0 aliphatic carbocycles. The van der Waals surface area contributed by atoms with Gasteiger partial charge in [0.25, 0.3) is 0 Å². The molecule has 1 N–H and O–H groups in total. The van der Waals surface area contributed by atoms with Crippen LogP contribution in [0.2, 0.25) is 0 Å². The van der Waals surface area contributed by atoms with E-state index in [1.807, 2.05) is 0 Å². The van der Waals surface area contributed by atoms with Crippen molar-refractivity contribution in [3.8, 4) is 5.75 Å². The molecule has 166 valence electrons. The molecule has 0 spiro atoms. The van der Waals surface area contributed by atoms with Crippen LogP contribution in [-0.2, 0) is 6.54 Å². The van der Waals surface area contributed by atoms with Crippen LogP contribution in [0.15, 0.2) is 24.3 Å². The van der Waals surface area contributed by atoms with E-state index in [1.165, 1.54) is 70.8 Å². The molecule has 7 heteroatoms. The Morgan fingerprint density at radius 2 is 1.83 bits per heavy atom. The van der Waals surface area contributed by atoms with Crippen molar-refractivity contribution in [1.29, 1.82) is 0 Å². The van der Waals surface area contributed by atoms with Gasteiger partial charge < -0.3 is 15.0 Å². The fourth-order valence-electron chi connectivity index (χ4n) is 4.78. The Morgan fingerprint density at radius 1 is 1.03 bits per heavy atom. The van der Waals surface area contributed by atoms with Crippen molar-refractivity contribution in [2.75, 3.05) is 65.5 Å². The Labute approximate surface area is 189 Å². The molecule has 3 aliphatic rings. The highest BCUT2D eigenvalue weighted by Crippen LogP contribution is 2.24. The van der Waals surface area contributed by atoms with Gasteiger partial charge in [0.2, 0.25) is 0 Å². The van der Waals surface area contributed by atoms with Gasteiger partial charge in [0.1, 0.15) is 5.75 Å². The number of fused-ring (bicyclic) bond motifs is 1. The SMILES string of the molecule is CCN1CCN(Cc2cccc(OC[C@@H]3CC[C@H]4CNCCN4C3)c2)CC1.Cl.Cl. The number of hydrogen-bond donors (Lipinski definition) is 1. The number of piperazine rings is 2. The standard InChI is InChI=1S/C22H36N4O.2ClH/c1-2-24-10-12-25(13-11-24)16-19-4-3-5-22(14-19)27-18-20-6-7-21-15-23-8-9-26(21)17-20;;/h3-5,14,20-21,23H,2,6-13,15-18H2,1H3;2*1H/t20-,21+;;/m1../s1. The van der Waals surface area contributed by atoms with Crippen LogP contribution in [0.5, 0.6) is 5.75 Å². The molecule has 3 saturated heterocycles. The molecule has 1 aromatic carbocycles. The molecule has 3 aliphatic heterocycles. The Hall–Kier alpha value is -0.560. The van der Waals surface area contributed by atoms with Gasteiger partial charge in [-0.2, -0.15) is 0 Å². The van der Waals surface area contributed by atoms with Crippen LogP contribution in [0.25, 0.3) is 0 Å². The Bertz CT molecular complexity index is 598. The number of rotatable bonds is 6. The van der Waals surface area contributed by atoms with E-state index in [0.717, 1.165) is 31.5 Å². The quantitative estimate of drug-likeness (QED) is 0.728. The van der Waals surface area contributed by atoms with Gasteiger partial charge in [0.05, 0.1) is 6.61 Å². The third-order valence-corrected chi connectivity index (χ3v) is 6.58. The van der Waals surface area contributed by atoms with Gasteiger partial charge in [-0.3, -0.25) is 9.80 Å². The molecule has 3 fully saturated rings. The Balaban J connectivity index is 0.00000150. The van der Waals surface area contributed by atoms with Crippen molar-refractivity contribution >= 4 is 24.8 Å². The number of halogens is 2. The number of likely N-dealkylation sites (N-methyl/N-ethyl adjacent to an activating group) is 1. The van der Waals surface area contributed by atoms with Gasteiger partial charge >= 0.3 is 0 Å². The Kier molecular flexibility index (Phi) is 10.5. The lowest BCUT2D eigenvalue weighted by atomic mass is 9.92. The first-order chi connectivity index (χ1) is 13.3. The second-order valence-corrected chi connectivity index (χ2v) is 8.47. The van der Waals surface area contributed by atoms with Crippen LogP contribution >= 0.6 is 24.8 Å². The van der Waals surface area contributed by atoms with Crippen molar-refractivity contribution < 1.29 is 4.74 Å². The third kappa shape index (κ3) is 6.98. The second-order valence-electron chi connectivity index (χ2n) is 8.47. The predicted octanol–water partition coefficient (Wildman–Crippen LogP) is 2.73. The molecule has 0 bridgehead atoms. The minimum absolute atomic E-state index is 0. The smallest absolute Gasteiger partial charge is 0.119 e. The first kappa shape index (κ1) is 24.7. The van der Waals surface area contributed by atoms with E-state index in [2.05, 4.69) is 51.2 Å². The van der Waals surface area contributed by atoms with E-state index in [4.69, 9.17) is 4.74 Å². The van der Waals surface area contributed by atoms with Crippen molar-refractivity contribution in [2.45, 2.75) is 32.4 Å². The highest BCUT2D eigenvalue weighted by Gasteiger charge is 2.30. The highest BCUT2D eigenvalue weighted by atomic mass is 35.5. The summed E-state index contributed by atoms with van der Waals surface area (Å²) in [6, 6.07) is 9.52.